The van der Waals surface area contributed by atoms with Gasteiger partial charge in [-0.2, -0.15) is 0 Å². The summed E-state index contributed by atoms with van der Waals surface area (Å²) in [6.45, 7) is 4.31. The van der Waals surface area contributed by atoms with Crippen LogP contribution in [0.15, 0.2) is 18.2 Å². The van der Waals surface area contributed by atoms with Crippen molar-refractivity contribution in [3.05, 3.63) is 23.8 Å². The lowest BCUT2D eigenvalue weighted by Crippen LogP contribution is -2.53. The number of para-hydroxylation sites is 1. The average Bonchev–Trinajstić information content (AvgIpc) is 2.68. The molecule has 3 rings (SSSR count). The lowest BCUT2D eigenvalue weighted by atomic mass is 9.99. The number of carbonyl (C=O) groups excluding carboxylic acids is 1. The number of methoxy groups -OCH3 is 2. The van der Waals surface area contributed by atoms with E-state index in [-0.39, 0.29) is 11.9 Å². The lowest BCUT2D eigenvalue weighted by Gasteiger charge is -2.39. The van der Waals surface area contributed by atoms with Crippen LogP contribution in [0.4, 0.5) is 0 Å². The zero-order valence-corrected chi connectivity index (χ0v) is 15.2. The molecule has 2 heterocycles. The number of hydrogen-bond donors (Lipinski definition) is 0. The number of nitrogens with zero attached hydrogens (tertiary/aromatic N) is 2. The summed E-state index contributed by atoms with van der Waals surface area (Å²) < 4.78 is 16.3. The molecule has 0 bridgehead atoms. The first-order valence-corrected chi connectivity index (χ1v) is 9.05. The van der Waals surface area contributed by atoms with Gasteiger partial charge in [-0.3, -0.25) is 9.69 Å². The third kappa shape index (κ3) is 4.07. The van der Waals surface area contributed by atoms with E-state index in [2.05, 4.69) is 4.90 Å². The van der Waals surface area contributed by atoms with E-state index in [9.17, 15) is 4.79 Å². The van der Waals surface area contributed by atoms with E-state index in [1.807, 2.05) is 23.1 Å². The summed E-state index contributed by atoms with van der Waals surface area (Å²) in [7, 11) is 3.31. The number of amides is 1. The highest BCUT2D eigenvalue weighted by Crippen LogP contribution is 2.33. The molecule has 0 spiro atoms. The third-order valence-electron chi connectivity index (χ3n) is 5.08. The molecule has 0 radical (unpaired) electrons. The molecule has 1 aromatic rings. The van der Waals surface area contributed by atoms with Crippen LogP contribution in [0.5, 0.6) is 11.5 Å². The molecule has 0 N–H and O–H groups in total. The molecule has 2 saturated heterocycles. The Hall–Kier alpha value is -1.79. The van der Waals surface area contributed by atoms with Crippen molar-refractivity contribution in [1.29, 1.82) is 0 Å². The Bertz CT molecular complexity index is 587. The SMILES string of the molecule is COc1cccc(CN2CCCC[C@@H]2C(=O)N2CCOCC2)c1OC. The van der Waals surface area contributed by atoms with Gasteiger partial charge < -0.3 is 19.1 Å². The summed E-state index contributed by atoms with van der Waals surface area (Å²) in [6.07, 6.45) is 3.15. The van der Waals surface area contributed by atoms with E-state index in [4.69, 9.17) is 14.2 Å². The molecule has 1 aromatic carbocycles. The van der Waals surface area contributed by atoms with Crippen LogP contribution in [0.25, 0.3) is 0 Å². The van der Waals surface area contributed by atoms with E-state index < -0.39 is 0 Å². The van der Waals surface area contributed by atoms with Gasteiger partial charge in [0.25, 0.3) is 0 Å². The molecule has 0 saturated carbocycles. The number of carbonyl (C=O) groups is 1. The van der Waals surface area contributed by atoms with E-state index in [0.29, 0.717) is 32.8 Å². The van der Waals surface area contributed by atoms with Crippen molar-refractivity contribution in [2.75, 3.05) is 47.1 Å². The zero-order valence-electron chi connectivity index (χ0n) is 15.2. The quantitative estimate of drug-likeness (QED) is 0.814. The van der Waals surface area contributed by atoms with Crippen LogP contribution in [0.2, 0.25) is 0 Å². The van der Waals surface area contributed by atoms with E-state index >= 15 is 0 Å². The van der Waals surface area contributed by atoms with Gasteiger partial charge in [-0.05, 0) is 25.5 Å². The number of morpholine rings is 1. The first kappa shape index (κ1) is 18.0. The minimum Gasteiger partial charge on any atom is -0.493 e. The molecule has 0 unspecified atom stereocenters. The highest BCUT2D eigenvalue weighted by molar-refractivity contribution is 5.82. The predicted octanol–water partition coefficient (Wildman–Crippen LogP) is 1.92. The van der Waals surface area contributed by atoms with Crippen LogP contribution < -0.4 is 9.47 Å². The number of rotatable bonds is 5. The van der Waals surface area contributed by atoms with Gasteiger partial charge in [0.05, 0.1) is 33.5 Å². The van der Waals surface area contributed by atoms with Crippen molar-refractivity contribution in [3.8, 4) is 11.5 Å². The maximum atomic E-state index is 13.0. The van der Waals surface area contributed by atoms with Crippen molar-refractivity contribution in [1.82, 2.24) is 9.80 Å². The summed E-state index contributed by atoms with van der Waals surface area (Å²) in [5.41, 5.74) is 1.06. The summed E-state index contributed by atoms with van der Waals surface area (Å²) >= 11 is 0. The summed E-state index contributed by atoms with van der Waals surface area (Å²) in [5, 5.41) is 0. The minimum atomic E-state index is -0.0530. The van der Waals surface area contributed by atoms with Gasteiger partial charge in [0.1, 0.15) is 0 Å². The molecule has 1 atom stereocenters. The number of likely N-dealkylation sites (tertiary alicyclic amines) is 1. The zero-order chi connectivity index (χ0) is 17.6. The number of benzene rings is 1. The monoisotopic (exact) mass is 348 g/mol. The molecule has 0 aliphatic carbocycles. The number of hydrogen-bond acceptors (Lipinski definition) is 5. The molecular weight excluding hydrogens is 320 g/mol. The van der Waals surface area contributed by atoms with Gasteiger partial charge >= 0.3 is 0 Å². The van der Waals surface area contributed by atoms with Crippen LogP contribution in [0.1, 0.15) is 24.8 Å². The minimum absolute atomic E-state index is 0.0530. The highest BCUT2D eigenvalue weighted by atomic mass is 16.5. The molecule has 0 aromatic heterocycles. The number of piperidine rings is 1. The Labute approximate surface area is 149 Å². The van der Waals surface area contributed by atoms with Crippen molar-refractivity contribution < 1.29 is 19.0 Å². The molecule has 2 aliphatic rings. The van der Waals surface area contributed by atoms with E-state index in [1.165, 1.54) is 0 Å². The van der Waals surface area contributed by atoms with Gasteiger partial charge in [0.15, 0.2) is 11.5 Å². The molecular formula is C19H28N2O4. The second-order valence-electron chi connectivity index (χ2n) is 6.57. The van der Waals surface area contributed by atoms with Crippen molar-refractivity contribution >= 4 is 5.91 Å². The Balaban J connectivity index is 1.76. The first-order valence-electron chi connectivity index (χ1n) is 9.05. The first-order chi connectivity index (χ1) is 12.2. The topological polar surface area (TPSA) is 51.2 Å². The summed E-state index contributed by atoms with van der Waals surface area (Å²) in [6, 6.07) is 5.86. The van der Waals surface area contributed by atoms with Crippen LogP contribution in [-0.2, 0) is 16.1 Å². The fraction of sp³-hybridized carbons (Fsp3) is 0.632. The molecule has 6 nitrogen and oxygen atoms in total. The molecule has 2 aliphatic heterocycles. The normalized spacial score (nSPS) is 21.8. The van der Waals surface area contributed by atoms with Gasteiger partial charge in [-0.15, -0.1) is 0 Å². The van der Waals surface area contributed by atoms with Gasteiger partial charge in [-0.25, -0.2) is 0 Å². The van der Waals surface area contributed by atoms with Crippen LogP contribution in [0.3, 0.4) is 0 Å². The van der Waals surface area contributed by atoms with Gasteiger partial charge in [-0.1, -0.05) is 18.6 Å². The maximum Gasteiger partial charge on any atom is 0.240 e. The second kappa shape index (κ2) is 8.54. The van der Waals surface area contributed by atoms with Crippen molar-refractivity contribution in [2.45, 2.75) is 31.8 Å². The molecule has 6 heteroatoms. The standard InChI is InChI=1S/C19H28N2O4/c1-23-17-8-5-6-15(18(17)24-2)14-21-9-4-3-7-16(21)19(22)20-10-12-25-13-11-20/h5-6,8,16H,3-4,7,9-14H2,1-2H3/t16-/m1/s1. The molecule has 138 valence electrons. The number of ether oxygens (including phenoxy) is 3. The average molecular weight is 348 g/mol. The largest absolute Gasteiger partial charge is 0.493 e. The van der Waals surface area contributed by atoms with E-state index in [1.54, 1.807) is 14.2 Å². The smallest absolute Gasteiger partial charge is 0.240 e. The van der Waals surface area contributed by atoms with Crippen LogP contribution in [-0.4, -0.2) is 68.8 Å². The fourth-order valence-electron chi connectivity index (χ4n) is 3.75. The van der Waals surface area contributed by atoms with Crippen LogP contribution >= 0.6 is 0 Å². The lowest BCUT2D eigenvalue weighted by molar-refractivity contribution is -0.142. The summed E-state index contributed by atoms with van der Waals surface area (Å²) in [5.74, 6) is 1.73. The Morgan fingerprint density at radius 3 is 2.68 bits per heavy atom. The summed E-state index contributed by atoms with van der Waals surface area (Å²) in [4.78, 5) is 17.2. The second-order valence-corrected chi connectivity index (χ2v) is 6.57. The van der Waals surface area contributed by atoms with Gasteiger partial charge in [0, 0.05) is 25.2 Å². The Morgan fingerprint density at radius 2 is 1.96 bits per heavy atom. The van der Waals surface area contributed by atoms with Crippen molar-refractivity contribution in [3.63, 3.8) is 0 Å². The molecule has 2 fully saturated rings. The van der Waals surface area contributed by atoms with Gasteiger partial charge in [0.2, 0.25) is 5.91 Å². The highest BCUT2D eigenvalue weighted by Gasteiger charge is 2.33. The van der Waals surface area contributed by atoms with E-state index in [0.717, 1.165) is 42.9 Å². The molecule has 1 amide bonds. The van der Waals surface area contributed by atoms with Crippen LogP contribution in [0, 0.1) is 0 Å². The Kier molecular flexibility index (Phi) is 6.15. The third-order valence-corrected chi connectivity index (χ3v) is 5.08. The molecule has 25 heavy (non-hydrogen) atoms. The van der Waals surface area contributed by atoms with Crippen molar-refractivity contribution in [2.24, 2.45) is 0 Å². The maximum absolute atomic E-state index is 13.0. The Morgan fingerprint density at radius 1 is 1.16 bits per heavy atom. The fourth-order valence-corrected chi connectivity index (χ4v) is 3.75. The predicted molar refractivity (Wildman–Crippen MR) is 95.0 cm³/mol.